The van der Waals surface area contributed by atoms with Crippen LogP contribution in [0.3, 0.4) is 0 Å². The smallest absolute Gasteiger partial charge is 0.311 e. The number of carbonyl (C=O) groups is 2. The average molecular weight is 542 g/mol. The molecule has 1 unspecified atom stereocenters. The Kier molecular flexibility index (Phi) is 9.37. The van der Waals surface area contributed by atoms with Crippen LogP contribution in [0.25, 0.3) is 11.3 Å². The van der Waals surface area contributed by atoms with Crippen LogP contribution in [0.15, 0.2) is 42.5 Å². The zero-order valence-corrected chi connectivity index (χ0v) is 23.9. The number of aromatic nitrogens is 1. The number of carbonyl (C=O) groups excluding carboxylic acids is 2. The molecule has 0 aliphatic rings. The Labute approximate surface area is 228 Å². The number of rotatable bonds is 10. The van der Waals surface area contributed by atoms with Crippen LogP contribution < -0.4 is 11.1 Å². The lowest BCUT2D eigenvalue weighted by Gasteiger charge is -2.24. The summed E-state index contributed by atoms with van der Waals surface area (Å²) in [5.41, 5.74) is 9.02. The van der Waals surface area contributed by atoms with Crippen LogP contribution in [-0.2, 0) is 22.4 Å². The minimum Gasteiger partial charge on any atom is -0.460 e. The van der Waals surface area contributed by atoms with E-state index in [9.17, 15) is 9.59 Å². The molecule has 8 heteroatoms. The molecule has 37 heavy (non-hydrogen) atoms. The van der Waals surface area contributed by atoms with Gasteiger partial charge in [0.15, 0.2) is 5.13 Å². The van der Waals surface area contributed by atoms with Crippen molar-refractivity contribution in [1.82, 2.24) is 4.98 Å². The topological polar surface area (TPSA) is 94.3 Å². The van der Waals surface area contributed by atoms with E-state index in [2.05, 4.69) is 19.2 Å². The Balaban J connectivity index is 1.85. The number of primary amides is 1. The zero-order chi connectivity index (χ0) is 27.3. The molecule has 0 saturated carbocycles. The summed E-state index contributed by atoms with van der Waals surface area (Å²) >= 11 is 8.01. The highest BCUT2D eigenvalue weighted by Gasteiger charge is 2.26. The summed E-state index contributed by atoms with van der Waals surface area (Å²) in [5.74, 6) is -0.758. The van der Waals surface area contributed by atoms with E-state index in [0.29, 0.717) is 29.5 Å². The van der Waals surface area contributed by atoms with Gasteiger partial charge in [0.1, 0.15) is 5.60 Å². The van der Waals surface area contributed by atoms with Gasteiger partial charge in [-0.3, -0.25) is 9.59 Å². The van der Waals surface area contributed by atoms with E-state index in [-0.39, 0.29) is 5.97 Å². The highest BCUT2D eigenvalue weighted by atomic mass is 35.5. The number of anilines is 1. The Morgan fingerprint density at radius 1 is 1.11 bits per heavy atom. The minimum absolute atomic E-state index is 0.288. The molecule has 0 fully saturated rings. The summed E-state index contributed by atoms with van der Waals surface area (Å²) in [6, 6.07) is 13.0. The maximum Gasteiger partial charge on any atom is 0.311 e. The van der Waals surface area contributed by atoms with Crippen LogP contribution in [0.4, 0.5) is 5.13 Å². The number of nitrogens with two attached hydrogens (primary N) is 1. The third-order valence-corrected chi connectivity index (χ3v) is 7.14. The number of halogens is 1. The van der Waals surface area contributed by atoms with Crippen LogP contribution in [0.5, 0.6) is 0 Å². The quantitative estimate of drug-likeness (QED) is 0.279. The number of hydrogen-bond acceptors (Lipinski definition) is 6. The first-order valence-corrected chi connectivity index (χ1v) is 13.6. The Hall–Kier alpha value is -2.90. The predicted molar refractivity (Wildman–Crippen MR) is 152 cm³/mol. The molecule has 1 amide bonds. The molecular weight excluding hydrogens is 506 g/mol. The van der Waals surface area contributed by atoms with Gasteiger partial charge in [-0.05, 0) is 75.8 Å². The third kappa shape index (κ3) is 8.30. The van der Waals surface area contributed by atoms with Crippen LogP contribution in [0.1, 0.15) is 61.0 Å². The van der Waals surface area contributed by atoms with Gasteiger partial charge < -0.3 is 15.8 Å². The van der Waals surface area contributed by atoms with Crippen molar-refractivity contribution in [1.29, 1.82) is 0 Å². The van der Waals surface area contributed by atoms with Crippen molar-refractivity contribution in [2.24, 2.45) is 17.6 Å². The van der Waals surface area contributed by atoms with Crippen molar-refractivity contribution >= 4 is 39.9 Å². The van der Waals surface area contributed by atoms with Crippen LogP contribution in [0, 0.1) is 18.8 Å². The van der Waals surface area contributed by atoms with Crippen molar-refractivity contribution in [2.75, 3.05) is 11.9 Å². The molecule has 0 aliphatic carbocycles. The summed E-state index contributed by atoms with van der Waals surface area (Å²) in [6.07, 6.45) is 1.34. The molecule has 0 bridgehead atoms. The molecule has 3 N–H and O–H groups in total. The third-order valence-electron chi connectivity index (χ3n) is 5.70. The summed E-state index contributed by atoms with van der Waals surface area (Å²) in [7, 11) is 0. The molecule has 6 nitrogen and oxygen atoms in total. The van der Waals surface area contributed by atoms with Crippen molar-refractivity contribution in [3.05, 3.63) is 69.1 Å². The van der Waals surface area contributed by atoms with E-state index in [1.807, 2.05) is 58.0 Å². The maximum absolute atomic E-state index is 13.1. The van der Waals surface area contributed by atoms with E-state index >= 15 is 0 Å². The number of benzene rings is 2. The Bertz CT molecular complexity index is 1250. The normalized spacial score (nSPS) is 12.4. The number of esters is 1. The summed E-state index contributed by atoms with van der Waals surface area (Å²) in [5, 5.41) is 4.85. The largest absolute Gasteiger partial charge is 0.460 e. The monoisotopic (exact) mass is 541 g/mol. The van der Waals surface area contributed by atoms with Crippen molar-refractivity contribution in [2.45, 2.75) is 60.0 Å². The number of ether oxygens (including phenoxy) is 1. The molecule has 0 radical (unpaired) electrons. The fourth-order valence-corrected chi connectivity index (χ4v) is 5.21. The lowest BCUT2D eigenvalue weighted by Crippen LogP contribution is -2.33. The molecule has 1 heterocycles. The highest BCUT2D eigenvalue weighted by molar-refractivity contribution is 7.16. The zero-order valence-electron chi connectivity index (χ0n) is 22.4. The maximum atomic E-state index is 13.1. The number of nitrogens with one attached hydrogen (secondary N) is 1. The second-order valence-electron chi connectivity index (χ2n) is 10.7. The molecule has 0 spiro atoms. The average Bonchev–Trinajstić information content (AvgIpc) is 3.19. The molecule has 2 aromatic carbocycles. The van der Waals surface area contributed by atoms with Crippen molar-refractivity contribution < 1.29 is 14.3 Å². The van der Waals surface area contributed by atoms with Crippen molar-refractivity contribution in [3.63, 3.8) is 0 Å². The first-order valence-electron chi connectivity index (χ1n) is 12.4. The van der Waals surface area contributed by atoms with E-state index < -0.39 is 17.4 Å². The molecule has 1 atom stereocenters. The molecular formula is C29H36ClN3O3S. The number of aryl methyl sites for hydroxylation is 1. The van der Waals surface area contributed by atoms with Gasteiger partial charge >= 0.3 is 5.97 Å². The van der Waals surface area contributed by atoms with E-state index in [4.69, 9.17) is 27.1 Å². The second-order valence-corrected chi connectivity index (χ2v) is 12.2. The number of thiazole rings is 1. The van der Waals surface area contributed by atoms with E-state index in [1.54, 1.807) is 23.5 Å². The van der Waals surface area contributed by atoms with Gasteiger partial charge in [0, 0.05) is 27.6 Å². The second kappa shape index (κ2) is 12.1. The Morgan fingerprint density at radius 2 is 1.78 bits per heavy atom. The van der Waals surface area contributed by atoms with Gasteiger partial charge in [0.05, 0.1) is 11.6 Å². The summed E-state index contributed by atoms with van der Waals surface area (Å²) in [4.78, 5) is 30.6. The molecule has 198 valence electrons. The SMILES string of the molecule is Cc1ccc(-c2nc(NCC(Cc3ccc(C(N)=O)cc3)C(=O)OC(C)(C)C)sc2CC(C)C)cc1Cl. The Morgan fingerprint density at radius 3 is 2.35 bits per heavy atom. The number of hydrogen-bond donors (Lipinski definition) is 2. The minimum atomic E-state index is -0.603. The standard InChI is InChI=1S/C29H36ClN3O3S/c1-17(2)13-24-25(21-10-7-18(3)23(30)15-21)33-28(37-24)32-16-22(27(35)36-29(4,5)6)14-19-8-11-20(12-9-19)26(31)34/h7-12,15,17,22H,13-14,16H2,1-6H3,(H2,31,34)(H,32,33). The molecule has 3 rings (SSSR count). The van der Waals surface area contributed by atoms with Gasteiger partial charge in [0.25, 0.3) is 0 Å². The van der Waals surface area contributed by atoms with Gasteiger partial charge in [-0.25, -0.2) is 4.98 Å². The number of amides is 1. The van der Waals surface area contributed by atoms with E-state index in [1.165, 1.54) is 4.88 Å². The fourth-order valence-electron chi connectivity index (χ4n) is 3.83. The fraction of sp³-hybridized carbons (Fsp3) is 0.414. The summed E-state index contributed by atoms with van der Waals surface area (Å²) < 4.78 is 5.71. The first kappa shape index (κ1) is 28.7. The predicted octanol–water partition coefficient (Wildman–Crippen LogP) is 6.68. The van der Waals surface area contributed by atoms with Gasteiger partial charge in [0.2, 0.25) is 5.91 Å². The molecule has 3 aromatic rings. The van der Waals surface area contributed by atoms with Crippen LogP contribution in [-0.4, -0.2) is 29.0 Å². The molecule has 1 aromatic heterocycles. The molecule has 0 saturated heterocycles. The highest BCUT2D eigenvalue weighted by Crippen LogP contribution is 2.35. The van der Waals surface area contributed by atoms with Crippen molar-refractivity contribution in [3.8, 4) is 11.3 Å². The summed E-state index contributed by atoms with van der Waals surface area (Å²) in [6.45, 7) is 12.3. The number of nitrogens with zero attached hydrogens (tertiary/aromatic N) is 1. The van der Waals surface area contributed by atoms with Crippen LogP contribution >= 0.6 is 22.9 Å². The van der Waals surface area contributed by atoms with Gasteiger partial charge in [-0.1, -0.05) is 49.7 Å². The van der Waals surface area contributed by atoms with Gasteiger partial charge in [-0.2, -0.15) is 0 Å². The van der Waals surface area contributed by atoms with Gasteiger partial charge in [-0.15, -0.1) is 11.3 Å². The lowest BCUT2D eigenvalue weighted by molar-refractivity contribution is -0.159. The van der Waals surface area contributed by atoms with E-state index in [0.717, 1.165) is 33.9 Å². The van der Waals surface area contributed by atoms with Crippen LogP contribution in [0.2, 0.25) is 5.02 Å². The molecule has 0 aliphatic heterocycles. The lowest BCUT2D eigenvalue weighted by atomic mass is 9.98. The first-order chi connectivity index (χ1) is 17.3.